The lowest BCUT2D eigenvalue weighted by atomic mass is 10.2. The van der Waals surface area contributed by atoms with E-state index in [1.54, 1.807) is 37.4 Å². The second-order valence-corrected chi connectivity index (χ2v) is 10.5. The number of benzene rings is 2. The maximum atomic E-state index is 14.5. The monoisotopic (exact) mass is 461 g/mol. The van der Waals surface area contributed by atoms with Crippen LogP contribution in [0.25, 0.3) is 16.6 Å². The van der Waals surface area contributed by atoms with Gasteiger partial charge in [0, 0.05) is 13.1 Å². The number of rotatable bonds is 5. The highest BCUT2D eigenvalue weighted by atomic mass is 32.2. The maximum absolute atomic E-state index is 14.5. The minimum Gasteiger partial charge on any atom is -0.341 e. The van der Waals surface area contributed by atoms with Crippen LogP contribution in [0.4, 0.5) is 4.39 Å². The normalized spacial score (nSPS) is 17.7. The predicted molar refractivity (Wildman–Crippen MR) is 118 cm³/mol. The molecule has 1 saturated heterocycles. The first kappa shape index (κ1) is 21.5. The Kier molecular flexibility index (Phi) is 5.85. The van der Waals surface area contributed by atoms with Crippen molar-refractivity contribution in [3.63, 3.8) is 0 Å². The fraction of sp³-hybridized carbons (Fsp3) is 0.286. The van der Waals surface area contributed by atoms with Crippen molar-refractivity contribution in [3.8, 4) is 5.69 Å². The molecule has 4 rings (SSSR count). The second kappa shape index (κ2) is 8.43. The summed E-state index contributed by atoms with van der Waals surface area (Å²) < 4.78 is 39.1. The molecule has 0 spiro atoms. The first-order valence-electron chi connectivity index (χ1n) is 9.62. The second-order valence-electron chi connectivity index (χ2n) is 7.35. The van der Waals surface area contributed by atoms with E-state index in [0.29, 0.717) is 17.3 Å². The summed E-state index contributed by atoms with van der Waals surface area (Å²) in [5.74, 6) is -0.903. The number of aromatic nitrogens is 2. The molecule has 0 radical (unpaired) electrons. The summed E-state index contributed by atoms with van der Waals surface area (Å²) in [4.78, 5) is 31.8. The molecule has 1 amide bonds. The molecule has 1 aromatic heterocycles. The number of carbonyl (C=O) groups is 1. The van der Waals surface area contributed by atoms with Crippen LogP contribution in [-0.4, -0.2) is 59.1 Å². The Bertz CT molecular complexity index is 1320. The third-order valence-corrected chi connectivity index (χ3v) is 7.99. The van der Waals surface area contributed by atoms with E-state index >= 15 is 0 Å². The van der Waals surface area contributed by atoms with Gasteiger partial charge in [-0.1, -0.05) is 36.0 Å². The fourth-order valence-electron chi connectivity index (χ4n) is 3.57. The van der Waals surface area contributed by atoms with Gasteiger partial charge in [-0.05, 0) is 30.7 Å². The van der Waals surface area contributed by atoms with E-state index in [4.69, 9.17) is 0 Å². The molecule has 0 unspecified atom stereocenters. The fourth-order valence-corrected chi connectivity index (χ4v) is 6.27. The number of nitrogens with zero attached hydrogens (tertiary/aromatic N) is 3. The van der Waals surface area contributed by atoms with Crippen LogP contribution in [0.5, 0.6) is 0 Å². The van der Waals surface area contributed by atoms with Gasteiger partial charge in [-0.25, -0.2) is 17.8 Å². The lowest BCUT2D eigenvalue weighted by Gasteiger charge is -2.23. The largest absolute Gasteiger partial charge is 0.341 e. The molecule has 1 fully saturated rings. The van der Waals surface area contributed by atoms with Crippen molar-refractivity contribution in [2.75, 3.05) is 24.3 Å². The molecule has 1 atom stereocenters. The van der Waals surface area contributed by atoms with E-state index in [2.05, 4.69) is 4.98 Å². The van der Waals surface area contributed by atoms with E-state index in [1.165, 1.54) is 27.7 Å². The van der Waals surface area contributed by atoms with E-state index in [-0.39, 0.29) is 40.1 Å². The van der Waals surface area contributed by atoms with Crippen molar-refractivity contribution in [2.45, 2.75) is 17.6 Å². The van der Waals surface area contributed by atoms with Crippen molar-refractivity contribution in [3.05, 3.63) is 64.7 Å². The van der Waals surface area contributed by atoms with E-state index in [9.17, 15) is 22.4 Å². The van der Waals surface area contributed by atoms with Gasteiger partial charge < -0.3 is 4.90 Å². The molecule has 162 valence electrons. The average molecular weight is 462 g/mol. The highest BCUT2D eigenvalue weighted by Gasteiger charge is 2.32. The number of hydrogen-bond acceptors (Lipinski definition) is 6. The SMILES string of the molecule is CN(C(=O)CSc1nc2ccccc2c(=O)n1-c1ccccc1F)[C@@H]1CCS(=O)(=O)C1. The first-order valence-corrected chi connectivity index (χ1v) is 12.4. The van der Waals surface area contributed by atoms with Gasteiger partial charge >= 0.3 is 0 Å². The summed E-state index contributed by atoms with van der Waals surface area (Å²) in [6.45, 7) is 0. The van der Waals surface area contributed by atoms with Crippen molar-refractivity contribution in [1.82, 2.24) is 14.5 Å². The summed E-state index contributed by atoms with van der Waals surface area (Å²) in [6, 6.07) is 12.3. The lowest BCUT2D eigenvalue weighted by Crippen LogP contribution is -2.39. The molecule has 7 nitrogen and oxygen atoms in total. The topological polar surface area (TPSA) is 89.3 Å². The number of hydrogen-bond donors (Lipinski definition) is 0. The number of halogens is 1. The zero-order valence-corrected chi connectivity index (χ0v) is 18.3. The first-order chi connectivity index (χ1) is 14.8. The molecule has 3 aromatic rings. The van der Waals surface area contributed by atoms with Crippen LogP contribution >= 0.6 is 11.8 Å². The van der Waals surface area contributed by atoms with E-state index in [1.807, 2.05) is 0 Å². The number of amides is 1. The Hall–Kier alpha value is -2.72. The molecule has 10 heteroatoms. The van der Waals surface area contributed by atoms with Crippen LogP contribution in [0.3, 0.4) is 0 Å². The highest BCUT2D eigenvalue weighted by Crippen LogP contribution is 2.24. The summed E-state index contributed by atoms with van der Waals surface area (Å²) in [6.07, 6.45) is 0.406. The number of fused-ring (bicyclic) bond motifs is 1. The van der Waals surface area contributed by atoms with Crippen LogP contribution in [0.2, 0.25) is 0 Å². The number of para-hydroxylation sites is 2. The maximum Gasteiger partial charge on any atom is 0.266 e. The van der Waals surface area contributed by atoms with Gasteiger partial charge in [-0.15, -0.1) is 0 Å². The smallest absolute Gasteiger partial charge is 0.266 e. The van der Waals surface area contributed by atoms with Crippen LogP contribution < -0.4 is 5.56 Å². The number of thioether (sulfide) groups is 1. The molecule has 1 aliphatic rings. The van der Waals surface area contributed by atoms with Crippen molar-refractivity contribution >= 4 is 38.4 Å². The van der Waals surface area contributed by atoms with Gasteiger partial charge in [0.1, 0.15) is 5.82 Å². The van der Waals surface area contributed by atoms with Crippen molar-refractivity contribution in [1.29, 1.82) is 0 Å². The molecule has 0 bridgehead atoms. The predicted octanol–water partition coefficient (Wildman–Crippen LogP) is 2.26. The Morgan fingerprint density at radius 1 is 1.23 bits per heavy atom. The molecule has 0 aliphatic carbocycles. The number of sulfone groups is 1. The lowest BCUT2D eigenvalue weighted by molar-refractivity contribution is -0.128. The van der Waals surface area contributed by atoms with Crippen LogP contribution in [0.15, 0.2) is 58.5 Å². The quantitative estimate of drug-likeness (QED) is 0.428. The summed E-state index contributed by atoms with van der Waals surface area (Å²) in [5, 5.41) is 0.532. The molecular formula is C21H20FN3O4S2. The summed E-state index contributed by atoms with van der Waals surface area (Å²) >= 11 is 1.02. The molecule has 31 heavy (non-hydrogen) atoms. The third-order valence-electron chi connectivity index (χ3n) is 5.31. The van der Waals surface area contributed by atoms with Gasteiger partial charge in [-0.2, -0.15) is 0 Å². The van der Waals surface area contributed by atoms with Gasteiger partial charge in [0.2, 0.25) is 5.91 Å². The van der Waals surface area contributed by atoms with E-state index in [0.717, 1.165) is 11.8 Å². The standard InChI is InChI=1S/C21H20FN3O4S2/c1-24(14-10-11-31(28,29)13-14)19(26)12-30-21-23-17-8-4-2-6-15(17)20(27)25(21)18-9-5-3-7-16(18)22/h2-9,14H,10-13H2,1H3/t14-/m1/s1. The number of carbonyl (C=O) groups excluding carboxylic acids is 1. The van der Waals surface area contributed by atoms with Crippen LogP contribution in [0.1, 0.15) is 6.42 Å². The molecule has 2 heterocycles. The molecule has 0 N–H and O–H groups in total. The molecule has 0 saturated carbocycles. The Labute approximate surface area is 182 Å². The summed E-state index contributed by atoms with van der Waals surface area (Å²) in [7, 11) is -1.54. The van der Waals surface area contributed by atoms with Crippen molar-refractivity contribution < 1.29 is 17.6 Å². The molecule has 1 aliphatic heterocycles. The zero-order chi connectivity index (χ0) is 22.2. The minimum absolute atomic E-state index is 0.0476. The molecular weight excluding hydrogens is 441 g/mol. The van der Waals surface area contributed by atoms with Crippen LogP contribution in [-0.2, 0) is 14.6 Å². The third kappa shape index (κ3) is 4.35. The zero-order valence-electron chi connectivity index (χ0n) is 16.7. The Morgan fingerprint density at radius 2 is 1.94 bits per heavy atom. The van der Waals surface area contributed by atoms with Crippen molar-refractivity contribution in [2.24, 2.45) is 0 Å². The van der Waals surface area contributed by atoms with Gasteiger partial charge in [0.05, 0.1) is 33.8 Å². The summed E-state index contributed by atoms with van der Waals surface area (Å²) in [5.41, 5.74) is 0.0714. The van der Waals surface area contributed by atoms with Gasteiger partial charge in [-0.3, -0.25) is 14.2 Å². The minimum atomic E-state index is -3.12. The highest BCUT2D eigenvalue weighted by molar-refractivity contribution is 7.99. The van der Waals surface area contributed by atoms with Gasteiger partial charge in [0.25, 0.3) is 5.56 Å². The van der Waals surface area contributed by atoms with Gasteiger partial charge in [0.15, 0.2) is 15.0 Å². The van der Waals surface area contributed by atoms with Crippen LogP contribution in [0, 0.1) is 5.82 Å². The molecule has 2 aromatic carbocycles. The van der Waals surface area contributed by atoms with E-state index < -0.39 is 21.2 Å². The Morgan fingerprint density at radius 3 is 2.65 bits per heavy atom. The average Bonchev–Trinajstić information content (AvgIpc) is 3.12. The Balaban J connectivity index is 1.67.